The van der Waals surface area contributed by atoms with E-state index in [4.69, 9.17) is 4.74 Å². The summed E-state index contributed by atoms with van der Waals surface area (Å²) in [4.78, 5) is 23.9. The minimum absolute atomic E-state index is 0.0287. The Morgan fingerprint density at radius 2 is 1.00 bits per heavy atom. The number of Topliss-reactive ketones (excluding diaryl/α,β-unsaturated/α-hetero) is 1. The summed E-state index contributed by atoms with van der Waals surface area (Å²) in [7, 11) is 1.37. The van der Waals surface area contributed by atoms with E-state index < -0.39 is 11.5 Å². The van der Waals surface area contributed by atoms with E-state index in [0.29, 0.717) is 6.42 Å². The lowest BCUT2D eigenvalue weighted by Crippen LogP contribution is -2.20. The normalized spacial score (nSPS) is 14.2. The summed E-state index contributed by atoms with van der Waals surface area (Å²) in [5.41, 5.74) is 0.210. The smallest absolute Gasteiger partial charge is 0.227 e. The maximum Gasteiger partial charge on any atom is 0.227 e. The van der Waals surface area contributed by atoms with Crippen LogP contribution in [0.15, 0.2) is 23.2 Å². The van der Waals surface area contributed by atoms with E-state index in [1.165, 1.54) is 116 Å². The van der Waals surface area contributed by atoms with Gasteiger partial charge in [-0.15, -0.1) is 0 Å². The number of ether oxygens (including phenoxy) is 1. The molecule has 0 bridgehead atoms. The Balaban J connectivity index is 1.85. The first kappa shape index (κ1) is 29.5. The Bertz CT molecular complexity index is 603. The van der Waals surface area contributed by atoms with Crippen LogP contribution in [0.2, 0.25) is 0 Å². The Kier molecular flexibility index (Phi) is 17.7. The number of carbonyl (C=O) groups is 2. The van der Waals surface area contributed by atoms with Gasteiger partial charge >= 0.3 is 0 Å². The lowest BCUT2D eigenvalue weighted by atomic mass is 9.94. The number of hydrogen-bond donors (Lipinski definition) is 1. The molecule has 0 aromatic rings. The SMILES string of the molecule is CCCCCCCCCCCCCCCCCCCCCCC1=C(O)C(=O)C=C(OC)C1=O. The molecule has 0 amide bonds. The van der Waals surface area contributed by atoms with Gasteiger partial charge in [0.15, 0.2) is 11.5 Å². The molecule has 0 spiro atoms. The van der Waals surface area contributed by atoms with Crippen LogP contribution in [-0.4, -0.2) is 23.8 Å². The van der Waals surface area contributed by atoms with E-state index in [1.54, 1.807) is 0 Å². The van der Waals surface area contributed by atoms with Crippen molar-refractivity contribution in [2.24, 2.45) is 0 Å². The summed E-state index contributed by atoms with van der Waals surface area (Å²) in [6.45, 7) is 2.28. The van der Waals surface area contributed by atoms with Gasteiger partial charge in [0, 0.05) is 11.6 Å². The van der Waals surface area contributed by atoms with Gasteiger partial charge in [-0.2, -0.15) is 0 Å². The monoisotopic (exact) mass is 462 g/mol. The second-order valence-corrected chi connectivity index (χ2v) is 9.70. The van der Waals surface area contributed by atoms with Gasteiger partial charge < -0.3 is 9.84 Å². The van der Waals surface area contributed by atoms with E-state index in [0.717, 1.165) is 25.3 Å². The van der Waals surface area contributed by atoms with Gasteiger partial charge in [0.25, 0.3) is 0 Å². The van der Waals surface area contributed by atoms with E-state index in [1.807, 2.05) is 0 Å². The van der Waals surface area contributed by atoms with Crippen LogP contribution in [0, 0.1) is 0 Å². The number of ketones is 2. The van der Waals surface area contributed by atoms with Crippen LogP contribution in [0.4, 0.5) is 0 Å². The fourth-order valence-corrected chi connectivity index (χ4v) is 4.60. The Morgan fingerprint density at radius 1 is 0.636 bits per heavy atom. The summed E-state index contributed by atoms with van der Waals surface area (Å²) < 4.78 is 4.94. The van der Waals surface area contributed by atoms with Crippen molar-refractivity contribution in [2.75, 3.05) is 7.11 Å². The summed E-state index contributed by atoms with van der Waals surface area (Å²) in [6.07, 6.45) is 28.0. The van der Waals surface area contributed by atoms with Gasteiger partial charge in [-0.05, 0) is 12.8 Å². The Morgan fingerprint density at radius 3 is 1.36 bits per heavy atom. The number of aliphatic hydroxyl groups excluding tert-OH is 1. The number of hydrogen-bond acceptors (Lipinski definition) is 4. The van der Waals surface area contributed by atoms with Gasteiger partial charge in [-0.25, -0.2) is 0 Å². The second-order valence-electron chi connectivity index (χ2n) is 9.70. The predicted octanol–water partition coefficient (Wildman–Crippen LogP) is 8.69. The highest BCUT2D eigenvalue weighted by Crippen LogP contribution is 2.23. The number of unbranched alkanes of at least 4 members (excludes halogenated alkanes) is 19. The van der Waals surface area contributed by atoms with Gasteiger partial charge in [0.1, 0.15) is 0 Å². The maximum atomic E-state index is 12.2. The topological polar surface area (TPSA) is 63.6 Å². The highest BCUT2D eigenvalue weighted by Gasteiger charge is 2.28. The number of aliphatic hydroxyl groups is 1. The van der Waals surface area contributed by atoms with Crippen molar-refractivity contribution < 1.29 is 19.4 Å². The van der Waals surface area contributed by atoms with Gasteiger partial charge in [-0.1, -0.05) is 129 Å². The average Bonchev–Trinajstić information content (AvgIpc) is 2.82. The number of allylic oxidation sites excluding steroid dienone is 2. The summed E-state index contributed by atoms with van der Waals surface area (Å²) in [5.74, 6) is -1.26. The van der Waals surface area contributed by atoms with E-state index >= 15 is 0 Å². The van der Waals surface area contributed by atoms with Gasteiger partial charge in [-0.3, -0.25) is 9.59 Å². The first-order valence-electron chi connectivity index (χ1n) is 13.9. The highest BCUT2D eigenvalue weighted by atomic mass is 16.5. The Hall–Kier alpha value is -1.58. The van der Waals surface area contributed by atoms with Crippen LogP contribution in [0.1, 0.15) is 142 Å². The molecule has 4 heteroatoms. The molecule has 4 nitrogen and oxygen atoms in total. The summed E-state index contributed by atoms with van der Waals surface area (Å²) in [5, 5.41) is 9.89. The minimum Gasteiger partial charge on any atom is -0.504 e. The van der Waals surface area contributed by atoms with Crippen LogP contribution >= 0.6 is 0 Å². The average molecular weight is 463 g/mol. The first-order valence-corrected chi connectivity index (χ1v) is 13.9. The zero-order valence-electron chi connectivity index (χ0n) is 21.6. The molecule has 190 valence electrons. The van der Waals surface area contributed by atoms with Crippen LogP contribution in [0.25, 0.3) is 0 Å². The molecule has 0 aliphatic heterocycles. The molecule has 1 aliphatic rings. The van der Waals surface area contributed by atoms with Crippen molar-refractivity contribution in [1.29, 1.82) is 0 Å². The molecular formula is C29H50O4. The van der Waals surface area contributed by atoms with Crippen LogP contribution in [0.5, 0.6) is 0 Å². The zero-order valence-corrected chi connectivity index (χ0v) is 21.6. The van der Waals surface area contributed by atoms with Crippen LogP contribution in [-0.2, 0) is 14.3 Å². The Labute approximate surface area is 203 Å². The van der Waals surface area contributed by atoms with E-state index in [9.17, 15) is 14.7 Å². The van der Waals surface area contributed by atoms with Crippen molar-refractivity contribution in [3.05, 3.63) is 23.2 Å². The summed E-state index contributed by atoms with van der Waals surface area (Å²) >= 11 is 0. The van der Waals surface area contributed by atoms with Crippen LogP contribution in [0.3, 0.4) is 0 Å². The van der Waals surface area contributed by atoms with Crippen LogP contribution < -0.4 is 0 Å². The third-order valence-corrected chi connectivity index (χ3v) is 6.78. The molecule has 0 saturated heterocycles. The third-order valence-electron chi connectivity index (χ3n) is 6.78. The second kappa shape index (κ2) is 19.9. The molecule has 0 aromatic carbocycles. The molecule has 0 fully saturated rings. The molecule has 0 heterocycles. The molecule has 0 radical (unpaired) electrons. The van der Waals surface area contributed by atoms with Gasteiger partial charge in [0.2, 0.25) is 11.6 Å². The molecule has 0 unspecified atom stereocenters. The minimum atomic E-state index is -0.533. The fourth-order valence-electron chi connectivity index (χ4n) is 4.60. The molecule has 0 saturated carbocycles. The molecule has 0 aromatic heterocycles. The molecule has 1 aliphatic carbocycles. The van der Waals surface area contributed by atoms with Gasteiger partial charge in [0.05, 0.1) is 7.11 Å². The third kappa shape index (κ3) is 13.7. The molecule has 1 rings (SSSR count). The molecular weight excluding hydrogens is 412 g/mol. The fraction of sp³-hybridized carbons (Fsp3) is 0.793. The molecule has 0 atom stereocenters. The predicted molar refractivity (Wildman–Crippen MR) is 137 cm³/mol. The van der Waals surface area contributed by atoms with Crippen molar-refractivity contribution in [3.63, 3.8) is 0 Å². The number of methoxy groups -OCH3 is 1. The quantitative estimate of drug-likeness (QED) is 0.129. The standard InChI is InChI=1S/C29H50O4/c1-3-4-5-6-7-8-9-10-11-12-13-14-15-16-17-18-19-20-21-22-23-25-28(31)26(30)24-27(33-2)29(25)32/h24,31H,3-23H2,1-2H3. The maximum absolute atomic E-state index is 12.2. The molecule has 33 heavy (non-hydrogen) atoms. The lowest BCUT2D eigenvalue weighted by Gasteiger charge is -2.14. The van der Waals surface area contributed by atoms with E-state index in [-0.39, 0.29) is 17.1 Å². The molecule has 1 N–H and O–H groups in total. The lowest BCUT2D eigenvalue weighted by molar-refractivity contribution is -0.119. The first-order chi connectivity index (χ1) is 16.1. The van der Waals surface area contributed by atoms with Crippen molar-refractivity contribution in [2.45, 2.75) is 142 Å². The van der Waals surface area contributed by atoms with E-state index in [2.05, 4.69) is 6.92 Å². The number of carbonyl (C=O) groups excluding carboxylic acids is 2. The highest BCUT2D eigenvalue weighted by molar-refractivity contribution is 6.20. The van der Waals surface area contributed by atoms with Crippen molar-refractivity contribution in [3.8, 4) is 0 Å². The van der Waals surface area contributed by atoms with Crippen molar-refractivity contribution in [1.82, 2.24) is 0 Å². The summed E-state index contributed by atoms with van der Waals surface area (Å²) in [6, 6.07) is 0. The zero-order chi connectivity index (χ0) is 24.2. The largest absolute Gasteiger partial charge is 0.504 e. The van der Waals surface area contributed by atoms with Crippen molar-refractivity contribution >= 4 is 11.6 Å². The number of rotatable bonds is 22.